The van der Waals surface area contributed by atoms with Crippen LogP contribution >= 0.6 is 11.6 Å². The fourth-order valence-electron chi connectivity index (χ4n) is 3.34. The van der Waals surface area contributed by atoms with Crippen molar-refractivity contribution in [1.29, 1.82) is 0 Å². The zero-order valence-electron chi connectivity index (χ0n) is 19.6. The second kappa shape index (κ2) is 10.4. The van der Waals surface area contributed by atoms with E-state index in [9.17, 15) is 17.2 Å². The molecule has 0 radical (unpaired) electrons. The molecule has 9 nitrogen and oxygen atoms in total. The molecular formula is C23H22ClF2N5O4S. The molecule has 0 N–H and O–H groups in total. The van der Waals surface area contributed by atoms with Crippen molar-refractivity contribution in [2.45, 2.75) is 19.4 Å². The molecule has 4 rings (SSSR count). The van der Waals surface area contributed by atoms with Gasteiger partial charge in [-0.05, 0) is 25.1 Å². The van der Waals surface area contributed by atoms with Crippen molar-refractivity contribution in [3.63, 3.8) is 0 Å². The molecule has 0 bridgehead atoms. The van der Waals surface area contributed by atoms with E-state index < -0.39 is 27.4 Å². The van der Waals surface area contributed by atoms with Gasteiger partial charge in [-0.15, -0.1) is 0 Å². The minimum Gasteiger partial charge on any atom is -0.421 e. The maximum Gasteiger partial charge on any atom is 0.324 e. The van der Waals surface area contributed by atoms with Gasteiger partial charge < -0.3 is 9.47 Å². The van der Waals surface area contributed by atoms with Crippen LogP contribution in [0.15, 0.2) is 42.5 Å². The average molecular weight is 538 g/mol. The summed E-state index contributed by atoms with van der Waals surface area (Å²) in [6.45, 7) is 2.16. The molecule has 13 heteroatoms. The molecule has 2 aromatic heterocycles. The van der Waals surface area contributed by atoms with E-state index in [1.54, 1.807) is 31.2 Å². The Bertz CT molecular complexity index is 1530. The van der Waals surface area contributed by atoms with Crippen molar-refractivity contribution < 1.29 is 26.7 Å². The lowest BCUT2D eigenvalue weighted by atomic mass is 10.1. The molecule has 4 aromatic rings. The summed E-state index contributed by atoms with van der Waals surface area (Å²) in [6, 6.07) is 9.33. The third-order valence-corrected chi connectivity index (χ3v) is 7.24. The summed E-state index contributed by atoms with van der Waals surface area (Å²) in [4.78, 5) is 8.67. The molecule has 0 atom stereocenters. The van der Waals surface area contributed by atoms with Gasteiger partial charge in [-0.3, -0.25) is 0 Å². The molecule has 36 heavy (non-hydrogen) atoms. The lowest BCUT2D eigenvalue weighted by Gasteiger charge is -2.13. The fraction of sp³-hybridized carbons (Fsp3) is 0.261. The van der Waals surface area contributed by atoms with Gasteiger partial charge in [0.1, 0.15) is 24.0 Å². The molecule has 0 saturated carbocycles. The van der Waals surface area contributed by atoms with E-state index >= 15 is 0 Å². The van der Waals surface area contributed by atoms with Crippen molar-refractivity contribution in [3.05, 3.63) is 64.8 Å². The van der Waals surface area contributed by atoms with Gasteiger partial charge in [0.05, 0.1) is 16.1 Å². The van der Waals surface area contributed by atoms with Crippen LogP contribution in [0.4, 0.5) is 8.78 Å². The first-order chi connectivity index (χ1) is 17.1. The van der Waals surface area contributed by atoms with Crippen LogP contribution in [0.5, 0.6) is 11.8 Å². The molecule has 0 saturated heterocycles. The summed E-state index contributed by atoms with van der Waals surface area (Å²) in [5, 5.41) is 5.29. The van der Waals surface area contributed by atoms with Crippen molar-refractivity contribution in [1.82, 2.24) is 24.1 Å². The van der Waals surface area contributed by atoms with E-state index in [0.29, 0.717) is 34.3 Å². The number of fused-ring (bicyclic) bond motifs is 1. The number of rotatable bonds is 9. The van der Waals surface area contributed by atoms with Gasteiger partial charge in [-0.25, -0.2) is 26.2 Å². The zero-order chi connectivity index (χ0) is 26.0. The lowest BCUT2D eigenvalue weighted by molar-refractivity contribution is 0.0820. The number of aromatic nitrogens is 4. The Morgan fingerprint density at radius 2 is 1.86 bits per heavy atom. The monoisotopic (exact) mass is 537 g/mol. The molecule has 0 aliphatic heterocycles. The summed E-state index contributed by atoms with van der Waals surface area (Å²) in [7, 11) is -1.01. The van der Waals surface area contributed by atoms with E-state index in [4.69, 9.17) is 21.1 Å². The lowest BCUT2D eigenvalue weighted by Crippen LogP contribution is -2.24. The van der Waals surface area contributed by atoms with Crippen LogP contribution in [0, 0.1) is 11.6 Å². The molecule has 190 valence electrons. The van der Waals surface area contributed by atoms with Gasteiger partial charge in [0.2, 0.25) is 10.0 Å². The summed E-state index contributed by atoms with van der Waals surface area (Å²) < 4.78 is 66.8. The number of benzene rings is 2. The normalized spacial score (nSPS) is 12.0. The smallest absolute Gasteiger partial charge is 0.324 e. The molecule has 2 aromatic carbocycles. The third-order valence-electron chi connectivity index (χ3n) is 5.16. The Morgan fingerprint density at radius 1 is 1.11 bits per heavy atom. The fourth-order valence-corrected chi connectivity index (χ4v) is 4.38. The number of sulfonamides is 1. The maximum absolute atomic E-state index is 14.3. The van der Waals surface area contributed by atoms with E-state index in [1.165, 1.54) is 18.8 Å². The van der Waals surface area contributed by atoms with Gasteiger partial charge in [0.25, 0.3) is 0 Å². The second-order valence-electron chi connectivity index (χ2n) is 7.82. The highest BCUT2D eigenvalue weighted by Crippen LogP contribution is 2.36. The summed E-state index contributed by atoms with van der Waals surface area (Å²) >= 11 is 6.43. The Labute approximate surface area is 211 Å². The van der Waals surface area contributed by atoms with Crippen LogP contribution in [0.25, 0.3) is 22.3 Å². The number of nitrogens with zero attached hydrogens (tertiary/aromatic N) is 5. The van der Waals surface area contributed by atoms with E-state index in [2.05, 4.69) is 15.1 Å². The quantitative estimate of drug-likeness (QED) is 0.307. The van der Waals surface area contributed by atoms with Crippen molar-refractivity contribution >= 4 is 32.7 Å². The third kappa shape index (κ3) is 5.31. The Hall–Kier alpha value is -3.19. The van der Waals surface area contributed by atoms with Gasteiger partial charge in [0, 0.05) is 32.3 Å². The minimum absolute atomic E-state index is 0.0152. The Balaban J connectivity index is 1.98. The molecular weight excluding hydrogens is 516 g/mol. The molecule has 0 fully saturated rings. The maximum atomic E-state index is 14.3. The van der Waals surface area contributed by atoms with Crippen LogP contribution in [0.1, 0.15) is 12.6 Å². The van der Waals surface area contributed by atoms with Crippen molar-refractivity contribution in [3.8, 4) is 23.0 Å². The van der Waals surface area contributed by atoms with Crippen LogP contribution in [-0.4, -0.2) is 53.2 Å². The molecule has 0 aliphatic carbocycles. The number of halogens is 3. The standard InChI is InChI=1S/C23H22ClF2N5O4S/c1-4-34-13-31-22-20(21(29-31)15-7-5-6-8-16(15)24)18(12-36(32,33)30(2)3)27-23(28-22)35-19-10-9-14(25)11-17(19)26/h5-11H,4,12-13H2,1-3H3. The van der Waals surface area contributed by atoms with Gasteiger partial charge >= 0.3 is 6.01 Å². The predicted molar refractivity (Wildman–Crippen MR) is 130 cm³/mol. The van der Waals surface area contributed by atoms with E-state index in [1.807, 2.05) is 0 Å². The Morgan fingerprint density at radius 3 is 2.53 bits per heavy atom. The van der Waals surface area contributed by atoms with Crippen LogP contribution in [-0.2, 0) is 27.2 Å². The first-order valence-electron chi connectivity index (χ1n) is 10.7. The highest BCUT2D eigenvalue weighted by molar-refractivity contribution is 7.88. The van der Waals surface area contributed by atoms with E-state index in [-0.39, 0.29) is 29.8 Å². The topological polar surface area (TPSA) is 99.4 Å². The van der Waals surface area contributed by atoms with Crippen LogP contribution in [0.2, 0.25) is 5.02 Å². The summed E-state index contributed by atoms with van der Waals surface area (Å²) in [5.41, 5.74) is 1.13. The average Bonchev–Trinajstić information content (AvgIpc) is 3.18. The zero-order valence-corrected chi connectivity index (χ0v) is 21.1. The first kappa shape index (κ1) is 25.9. The summed E-state index contributed by atoms with van der Waals surface area (Å²) in [5.74, 6) is -2.62. The molecule has 0 spiro atoms. The van der Waals surface area contributed by atoms with Gasteiger partial charge in [-0.2, -0.15) is 15.1 Å². The Kier molecular flexibility index (Phi) is 7.50. The van der Waals surface area contributed by atoms with Gasteiger partial charge in [-0.1, -0.05) is 29.8 Å². The van der Waals surface area contributed by atoms with Crippen LogP contribution < -0.4 is 4.74 Å². The minimum atomic E-state index is -3.80. The largest absolute Gasteiger partial charge is 0.421 e. The second-order valence-corrected chi connectivity index (χ2v) is 10.4. The predicted octanol–water partition coefficient (Wildman–Crippen LogP) is 4.60. The SMILES string of the molecule is CCOCn1nc(-c2ccccc2Cl)c2c(CS(=O)(=O)N(C)C)nc(Oc3ccc(F)cc3F)nc21. The van der Waals surface area contributed by atoms with Gasteiger partial charge in [0.15, 0.2) is 17.2 Å². The molecule has 0 aliphatic rings. The van der Waals surface area contributed by atoms with E-state index in [0.717, 1.165) is 16.4 Å². The number of ether oxygens (including phenoxy) is 2. The molecule has 2 heterocycles. The summed E-state index contributed by atoms with van der Waals surface area (Å²) in [6.07, 6.45) is 0. The number of hydrogen-bond donors (Lipinski definition) is 0. The first-order valence-corrected chi connectivity index (χ1v) is 12.7. The highest BCUT2D eigenvalue weighted by Gasteiger charge is 2.26. The number of hydrogen-bond acceptors (Lipinski definition) is 7. The molecule has 0 amide bonds. The highest BCUT2D eigenvalue weighted by atomic mass is 35.5. The van der Waals surface area contributed by atoms with Crippen LogP contribution in [0.3, 0.4) is 0 Å². The van der Waals surface area contributed by atoms with Crippen molar-refractivity contribution in [2.24, 2.45) is 0 Å². The molecule has 0 unspecified atom stereocenters. The van der Waals surface area contributed by atoms with Crippen molar-refractivity contribution in [2.75, 3.05) is 20.7 Å².